The summed E-state index contributed by atoms with van der Waals surface area (Å²) >= 11 is 0. The number of rotatable bonds is 6. The number of nitrogens with zero attached hydrogens (tertiary/aromatic N) is 1. The van der Waals surface area contributed by atoms with Gasteiger partial charge in [-0.25, -0.2) is 0 Å². The predicted octanol–water partition coefficient (Wildman–Crippen LogP) is 5.38. The highest BCUT2D eigenvalue weighted by Gasteiger charge is 2.05. The van der Waals surface area contributed by atoms with E-state index in [4.69, 9.17) is 0 Å². The molecule has 0 aliphatic rings. The smallest absolute Gasteiger partial charge is 0.0243 e. The lowest BCUT2D eigenvalue weighted by Crippen LogP contribution is -2.22. The molecule has 116 valence electrons. The number of hydrogen-bond acceptors (Lipinski definition) is 1. The standard InChI is InChI=1S/C22H23N/c1-2-23(17-9-12-19-10-4-3-5-11-19)18-21-15-8-14-20-13-6-7-16-22(20)21/h3-16H,2,17-18H2,1H3/b12-9+. The van der Waals surface area contributed by atoms with Gasteiger partial charge in [0.1, 0.15) is 0 Å². The van der Waals surface area contributed by atoms with Crippen molar-refractivity contribution in [1.29, 1.82) is 0 Å². The van der Waals surface area contributed by atoms with Crippen LogP contribution in [0.4, 0.5) is 0 Å². The third-order valence-corrected chi connectivity index (χ3v) is 4.19. The van der Waals surface area contributed by atoms with E-state index >= 15 is 0 Å². The van der Waals surface area contributed by atoms with Crippen molar-refractivity contribution >= 4 is 16.8 Å². The molecule has 23 heavy (non-hydrogen) atoms. The van der Waals surface area contributed by atoms with Crippen LogP contribution in [-0.2, 0) is 6.54 Å². The molecule has 1 heteroatoms. The highest BCUT2D eigenvalue weighted by molar-refractivity contribution is 5.85. The first kappa shape index (κ1) is 15.5. The minimum absolute atomic E-state index is 0.967. The van der Waals surface area contributed by atoms with Crippen molar-refractivity contribution in [2.24, 2.45) is 0 Å². The van der Waals surface area contributed by atoms with Gasteiger partial charge in [0.2, 0.25) is 0 Å². The van der Waals surface area contributed by atoms with Gasteiger partial charge in [-0.3, -0.25) is 4.90 Å². The van der Waals surface area contributed by atoms with Crippen molar-refractivity contribution < 1.29 is 0 Å². The van der Waals surface area contributed by atoms with Gasteiger partial charge >= 0.3 is 0 Å². The molecule has 0 saturated carbocycles. The normalized spacial score (nSPS) is 11.6. The number of likely N-dealkylation sites (N-methyl/N-ethyl adjacent to an activating group) is 1. The Labute approximate surface area is 138 Å². The van der Waals surface area contributed by atoms with Crippen molar-refractivity contribution in [3.63, 3.8) is 0 Å². The van der Waals surface area contributed by atoms with Crippen molar-refractivity contribution in [2.45, 2.75) is 13.5 Å². The first-order chi connectivity index (χ1) is 11.4. The average Bonchev–Trinajstić information content (AvgIpc) is 2.62. The van der Waals surface area contributed by atoms with Gasteiger partial charge in [0, 0.05) is 13.1 Å². The molecular formula is C22H23N. The zero-order valence-electron chi connectivity index (χ0n) is 13.7. The second-order valence-corrected chi connectivity index (χ2v) is 5.78. The Morgan fingerprint density at radius 2 is 1.57 bits per heavy atom. The Kier molecular flexibility index (Phi) is 5.23. The molecule has 3 rings (SSSR count). The average molecular weight is 301 g/mol. The highest BCUT2D eigenvalue weighted by Crippen LogP contribution is 2.20. The first-order valence-electron chi connectivity index (χ1n) is 8.27. The minimum Gasteiger partial charge on any atom is -0.296 e. The summed E-state index contributed by atoms with van der Waals surface area (Å²) in [5.74, 6) is 0. The molecule has 1 nitrogen and oxygen atoms in total. The van der Waals surface area contributed by atoms with Crippen LogP contribution in [0, 0.1) is 0 Å². The maximum Gasteiger partial charge on any atom is 0.0243 e. The summed E-state index contributed by atoms with van der Waals surface area (Å²) in [6.45, 7) is 5.22. The summed E-state index contributed by atoms with van der Waals surface area (Å²) in [6.07, 6.45) is 4.45. The van der Waals surface area contributed by atoms with E-state index in [1.54, 1.807) is 0 Å². The molecule has 0 bridgehead atoms. The second-order valence-electron chi connectivity index (χ2n) is 5.78. The van der Waals surface area contributed by atoms with Gasteiger partial charge in [0.25, 0.3) is 0 Å². The van der Waals surface area contributed by atoms with E-state index in [0.717, 1.165) is 19.6 Å². The van der Waals surface area contributed by atoms with Crippen molar-refractivity contribution in [1.82, 2.24) is 4.90 Å². The van der Waals surface area contributed by atoms with E-state index in [1.165, 1.54) is 21.9 Å². The van der Waals surface area contributed by atoms with Gasteiger partial charge in [-0.1, -0.05) is 91.9 Å². The summed E-state index contributed by atoms with van der Waals surface area (Å²) in [5.41, 5.74) is 2.66. The number of hydrogen-bond donors (Lipinski definition) is 0. The molecule has 0 amide bonds. The fraction of sp³-hybridized carbons (Fsp3) is 0.182. The molecule has 0 atom stereocenters. The maximum atomic E-state index is 2.46. The lowest BCUT2D eigenvalue weighted by atomic mass is 10.0. The van der Waals surface area contributed by atoms with Crippen LogP contribution in [0.15, 0.2) is 78.9 Å². The van der Waals surface area contributed by atoms with Crippen LogP contribution in [0.25, 0.3) is 16.8 Å². The number of fused-ring (bicyclic) bond motifs is 1. The molecule has 0 aliphatic carbocycles. The molecule has 0 unspecified atom stereocenters. The summed E-state index contributed by atoms with van der Waals surface area (Å²) < 4.78 is 0. The number of benzene rings is 3. The molecule has 0 saturated heterocycles. The Morgan fingerprint density at radius 3 is 2.39 bits per heavy atom. The third-order valence-electron chi connectivity index (χ3n) is 4.19. The van der Waals surface area contributed by atoms with Gasteiger partial charge in [-0.15, -0.1) is 0 Å². The minimum atomic E-state index is 0.967. The van der Waals surface area contributed by atoms with Gasteiger partial charge in [0.15, 0.2) is 0 Å². The Morgan fingerprint density at radius 1 is 0.826 bits per heavy atom. The van der Waals surface area contributed by atoms with Crippen LogP contribution in [0.5, 0.6) is 0 Å². The van der Waals surface area contributed by atoms with E-state index in [1.807, 2.05) is 0 Å². The van der Waals surface area contributed by atoms with E-state index in [0.29, 0.717) is 0 Å². The molecule has 0 fully saturated rings. The highest BCUT2D eigenvalue weighted by atomic mass is 15.1. The van der Waals surface area contributed by atoms with Crippen LogP contribution >= 0.6 is 0 Å². The SMILES string of the molecule is CCN(C/C=C/c1ccccc1)Cc1cccc2ccccc12. The molecule has 0 radical (unpaired) electrons. The zero-order valence-corrected chi connectivity index (χ0v) is 13.7. The largest absolute Gasteiger partial charge is 0.296 e. The monoisotopic (exact) mass is 301 g/mol. The van der Waals surface area contributed by atoms with Crippen LogP contribution in [-0.4, -0.2) is 18.0 Å². The maximum absolute atomic E-state index is 2.46. The van der Waals surface area contributed by atoms with Crippen molar-refractivity contribution in [3.8, 4) is 0 Å². The Bertz CT molecular complexity index is 769. The Hall–Kier alpha value is -2.38. The van der Waals surface area contributed by atoms with Crippen LogP contribution in [0.2, 0.25) is 0 Å². The molecule has 0 aliphatic heterocycles. The van der Waals surface area contributed by atoms with E-state index in [2.05, 4.69) is 96.8 Å². The van der Waals surface area contributed by atoms with Gasteiger partial charge in [-0.2, -0.15) is 0 Å². The van der Waals surface area contributed by atoms with Gasteiger partial charge in [-0.05, 0) is 28.4 Å². The molecule has 0 aromatic heterocycles. The third kappa shape index (κ3) is 4.08. The van der Waals surface area contributed by atoms with Crippen LogP contribution < -0.4 is 0 Å². The van der Waals surface area contributed by atoms with Crippen molar-refractivity contribution in [3.05, 3.63) is 90.0 Å². The lowest BCUT2D eigenvalue weighted by molar-refractivity contribution is 0.313. The fourth-order valence-electron chi connectivity index (χ4n) is 2.88. The predicted molar refractivity (Wildman–Crippen MR) is 100 cm³/mol. The topological polar surface area (TPSA) is 3.24 Å². The summed E-state index contributed by atoms with van der Waals surface area (Å²) in [5, 5.41) is 2.68. The van der Waals surface area contributed by atoms with Crippen molar-refractivity contribution in [2.75, 3.05) is 13.1 Å². The lowest BCUT2D eigenvalue weighted by Gasteiger charge is -2.19. The molecule has 0 spiro atoms. The molecular weight excluding hydrogens is 278 g/mol. The Balaban J connectivity index is 1.70. The summed E-state index contributed by atoms with van der Waals surface area (Å²) in [7, 11) is 0. The van der Waals surface area contributed by atoms with Gasteiger partial charge < -0.3 is 0 Å². The molecule has 3 aromatic rings. The van der Waals surface area contributed by atoms with E-state index in [9.17, 15) is 0 Å². The van der Waals surface area contributed by atoms with E-state index < -0.39 is 0 Å². The molecule has 0 heterocycles. The van der Waals surface area contributed by atoms with Crippen LogP contribution in [0.1, 0.15) is 18.1 Å². The fourth-order valence-corrected chi connectivity index (χ4v) is 2.88. The molecule has 3 aromatic carbocycles. The second kappa shape index (κ2) is 7.75. The van der Waals surface area contributed by atoms with Gasteiger partial charge in [0.05, 0.1) is 0 Å². The van der Waals surface area contributed by atoms with Crippen LogP contribution in [0.3, 0.4) is 0 Å². The summed E-state index contributed by atoms with van der Waals surface area (Å²) in [6, 6.07) is 25.7. The zero-order chi connectivity index (χ0) is 15.9. The first-order valence-corrected chi connectivity index (χ1v) is 8.27. The van der Waals surface area contributed by atoms with E-state index in [-0.39, 0.29) is 0 Å². The molecule has 0 N–H and O–H groups in total. The quantitative estimate of drug-likeness (QED) is 0.591. The summed E-state index contributed by atoms with van der Waals surface area (Å²) in [4.78, 5) is 2.46.